The van der Waals surface area contributed by atoms with Crippen LogP contribution in [0, 0.1) is 13.8 Å². The van der Waals surface area contributed by atoms with E-state index >= 15 is 0 Å². The predicted octanol–water partition coefficient (Wildman–Crippen LogP) is 6.36. The van der Waals surface area contributed by atoms with Gasteiger partial charge < -0.3 is 20.5 Å². The number of aromatic hydroxyl groups is 1. The summed E-state index contributed by atoms with van der Waals surface area (Å²) in [4.78, 5) is 21.3. The number of nitrogens with one attached hydrogen (secondary N) is 2. The quantitative estimate of drug-likeness (QED) is 0.289. The van der Waals surface area contributed by atoms with E-state index in [9.17, 15) is 23.1 Å². The fourth-order valence-corrected chi connectivity index (χ4v) is 3.38. The molecule has 0 unspecified atom stereocenters. The molecule has 0 saturated heterocycles. The Kier molecular flexibility index (Phi) is 6.77. The number of aryl methyl sites for hydroxylation is 2. The molecule has 10 heteroatoms. The van der Waals surface area contributed by atoms with Crippen molar-refractivity contribution in [2.24, 2.45) is 0 Å². The number of rotatable bonds is 6. The van der Waals surface area contributed by atoms with Crippen molar-refractivity contribution in [2.45, 2.75) is 20.2 Å². The number of carbonyl (C=O) groups is 1. The predicted molar refractivity (Wildman–Crippen MR) is 129 cm³/mol. The number of aromatic nitrogens is 2. The molecular weight excluding hydrogens is 473 g/mol. The molecule has 0 radical (unpaired) electrons. The van der Waals surface area contributed by atoms with Gasteiger partial charge in [-0.1, -0.05) is 6.07 Å². The minimum Gasteiger partial charge on any atom is -0.508 e. The molecule has 0 saturated carbocycles. The Labute approximate surface area is 204 Å². The van der Waals surface area contributed by atoms with Gasteiger partial charge in [0.2, 0.25) is 5.95 Å². The standard InChI is InChI=1S/C26H21F3N4O3/c1-15-3-10-20(34)13-22(15)32-24(35)18-4-8-19(9-5-18)31-25-30-14-16(2)23(33-25)17-6-11-21(12-7-17)36-26(27,28)29/h3-14,34H,1-2H3,(H,32,35)(H,30,31,33). The highest BCUT2D eigenvalue weighted by atomic mass is 19.4. The molecule has 36 heavy (non-hydrogen) atoms. The number of hydrogen-bond donors (Lipinski definition) is 3. The van der Waals surface area contributed by atoms with Crippen molar-refractivity contribution >= 4 is 23.2 Å². The van der Waals surface area contributed by atoms with Gasteiger partial charge in [0.1, 0.15) is 11.5 Å². The molecule has 184 valence electrons. The van der Waals surface area contributed by atoms with Crippen LogP contribution >= 0.6 is 0 Å². The number of hydrogen-bond acceptors (Lipinski definition) is 6. The Bertz CT molecular complexity index is 1390. The van der Waals surface area contributed by atoms with Crippen molar-refractivity contribution in [3.8, 4) is 22.8 Å². The van der Waals surface area contributed by atoms with E-state index in [2.05, 4.69) is 25.3 Å². The number of benzene rings is 3. The monoisotopic (exact) mass is 494 g/mol. The van der Waals surface area contributed by atoms with Gasteiger partial charge in [0.15, 0.2) is 0 Å². The highest BCUT2D eigenvalue weighted by molar-refractivity contribution is 6.05. The van der Waals surface area contributed by atoms with Crippen LogP contribution in [0.25, 0.3) is 11.3 Å². The zero-order valence-electron chi connectivity index (χ0n) is 19.2. The summed E-state index contributed by atoms with van der Waals surface area (Å²) in [5.41, 5.74) is 4.25. The normalized spacial score (nSPS) is 11.1. The first-order valence-corrected chi connectivity index (χ1v) is 10.8. The second kappa shape index (κ2) is 9.95. The third kappa shape index (κ3) is 6.09. The molecule has 4 rings (SSSR count). The van der Waals surface area contributed by atoms with Crippen LogP contribution in [0.15, 0.2) is 72.9 Å². The lowest BCUT2D eigenvalue weighted by atomic mass is 10.1. The van der Waals surface area contributed by atoms with Gasteiger partial charge in [-0.25, -0.2) is 9.97 Å². The van der Waals surface area contributed by atoms with Crippen molar-refractivity contribution in [3.63, 3.8) is 0 Å². The molecule has 7 nitrogen and oxygen atoms in total. The van der Waals surface area contributed by atoms with E-state index in [0.29, 0.717) is 28.2 Å². The number of amides is 1. The van der Waals surface area contributed by atoms with Gasteiger partial charge in [-0.3, -0.25) is 4.79 Å². The third-order valence-corrected chi connectivity index (χ3v) is 5.21. The molecule has 3 aromatic carbocycles. The zero-order chi connectivity index (χ0) is 25.9. The largest absolute Gasteiger partial charge is 0.573 e. The maximum atomic E-state index is 12.6. The number of ether oxygens (including phenoxy) is 1. The summed E-state index contributed by atoms with van der Waals surface area (Å²) in [6, 6.07) is 16.8. The smallest absolute Gasteiger partial charge is 0.508 e. The number of halogens is 3. The molecule has 0 spiro atoms. The maximum Gasteiger partial charge on any atom is 0.573 e. The van der Waals surface area contributed by atoms with Crippen LogP contribution in [-0.2, 0) is 0 Å². The van der Waals surface area contributed by atoms with Crippen LogP contribution in [0.5, 0.6) is 11.5 Å². The van der Waals surface area contributed by atoms with Crippen molar-refractivity contribution in [3.05, 3.63) is 89.6 Å². The Hall–Kier alpha value is -4.60. The SMILES string of the molecule is Cc1ccc(O)cc1NC(=O)c1ccc(Nc2ncc(C)c(-c3ccc(OC(F)(F)F)cc3)n2)cc1. The van der Waals surface area contributed by atoms with Crippen molar-refractivity contribution in [2.75, 3.05) is 10.6 Å². The van der Waals surface area contributed by atoms with Gasteiger partial charge in [0, 0.05) is 34.8 Å². The molecule has 0 aliphatic heterocycles. The second-order valence-electron chi connectivity index (χ2n) is 7.95. The van der Waals surface area contributed by atoms with Crippen LogP contribution in [-0.4, -0.2) is 27.3 Å². The minimum absolute atomic E-state index is 0.0542. The van der Waals surface area contributed by atoms with E-state index in [4.69, 9.17) is 0 Å². The lowest BCUT2D eigenvalue weighted by Crippen LogP contribution is -2.16. The molecule has 1 heterocycles. The van der Waals surface area contributed by atoms with Crippen LogP contribution in [0.1, 0.15) is 21.5 Å². The zero-order valence-corrected chi connectivity index (χ0v) is 19.2. The summed E-state index contributed by atoms with van der Waals surface area (Å²) < 4.78 is 41.1. The number of nitrogens with zero attached hydrogens (tertiary/aromatic N) is 2. The van der Waals surface area contributed by atoms with Crippen molar-refractivity contribution in [1.29, 1.82) is 0 Å². The van der Waals surface area contributed by atoms with E-state index < -0.39 is 6.36 Å². The summed E-state index contributed by atoms with van der Waals surface area (Å²) >= 11 is 0. The average Bonchev–Trinajstić information content (AvgIpc) is 2.83. The fraction of sp³-hybridized carbons (Fsp3) is 0.115. The highest BCUT2D eigenvalue weighted by Crippen LogP contribution is 2.28. The summed E-state index contributed by atoms with van der Waals surface area (Å²) in [5.74, 6) is -0.320. The van der Waals surface area contributed by atoms with Crippen LogP contribution < -0.4 is 15.4 Å². The third-order valence-electron chi connectivity index (χ3n) is 5.21. The average molecular weight is 494 g/mol. The first-order valence-electron chi connectivity index (χ1n) is 10.8. The molecule has 0 fully saturated rings. The van der Waals surface area contributed by atoms with E-state index in [1.54, 1.807) is 49.5 Å². The fourth-order valence-electron chi connectivity index (χ4n) is 3.38. The lowest BCUT2D eigenvalue weighted by molar-refractivity contribution is -0.274. The van der Waals surface area contributed by atoms with E-state index in [1.807, 2.05) is 6.92 Å². The molecule has 0 atom stereocenters. The summed E-state index contributed by atoms with van der Waals surface area (Å²) in [6.07, 6.45) is -3.16. The maximum absolute atomic E-state index is 12.6. The molecule has 0 bridgehead atoms. The van der Waals surface area contributed by atoms with E-state index in [1.165, 1.54) is 30.3 Å². The summed E-state index contributed by atoms with van der Waals surface area (Å²) in [5, 5.41) is 15.5. The van der Waals surface area contributed by atoms with Gasteiger partial charge in [-0.15, -0.1) is 13.2 Å². The van der Waals surface area contributed by atoms with Crippen molar-refractivity contribution in [1.82, 2.24) is 9.97 Å². The van der Waals surface area contributed by atoms with Gasteiger partial charge in [0.05, 0.1) is 5.69 Å². The molecule has 1 amide bonds. The molecular formula is C26H21F3N4O3. The topological polar surface area (TPSA) is 96.4 Å². The molecule has 0 aliphatic rings. The number of phenolic OH excluding ortho intramolecular Hbond substituents is 1. The highest BCUT2D eigenvalue weighted by Gasteiger charge is 2.31. The van der Waals surface area contributed by atoms with E-state index in [0.717, 1.165) is 11.1 Å². The molecule has 1 aromatic heterocycles. The Morgan fingerprint density at radius 2 is 1.64 bits per heavy atom. The number of alkyl halides is 3. The van der Waals surface area contributed by atoms with Crippen molar-refractivity contribution < 1.29 is 27.8 Å². The number of anilines is 3. The first-order chi connectivity index (χ1) is 17.1. The first kappa shape index (κ1) is 24.5. The summed E-state index contributed by atoms with van der Waals surface area (Å²) in [7, 11) is 0. The van der Waals surface area contributed by atoms with Gasteiger partial charge >= 0.3 is 6.36 Å². The molecule has 0 aliphatic carbocycles. The minimum atomic E-state index is -4.76. The van der Waals surface area contributed by atoms with E-state index in [-0.39, 0.29) is 23.4 Å². The van der Waals surface area contributed by atoms with Gasteiger partial charge in [-0.2, -0.15) is 0 Å². The Morgan fingerprint density at radius 3 is 2.31 bits per heavy atom. The Balaban J connectivity index is 1.47. The van der Waals surface area contributed by atoms with Crippen LogP contribution in [0.2, 0.25) is 0 Å². The number of phenols is 1. The van der Waals surface area contributed by atoms with Gasteiger partial charge in [0.25, 0.3) is 5.91 Å². The van der Waals surface area contributed by atoms with Crippen LogP contribution in [0.4, 0.5) is 30.5 Å². The van der Waals surface area contributed by atoms with Gasteiger partial charge in [-0.05, 0) is 79.6 Å². The Morgan fingerprint density at radius 1 is 0.944 bits per heavy atom. The molecule has 3 N–H and O–H groups in total. The summed E-state index contributed by atoms with van der Waals surface area (Å²) in [6.45, 7) is 3.61. The lowest BCUT2D eigenvalue weighted by Gasteiger charge is -2.12. The van der Waals surface area contributed by atoms with Crippen LogP contribution in [0.3, 0.4) is 0 Å². The molecule has 4 aromatic rings. The second-order valence-corrected chi connectivity index (χ2v) is 7.95. The number of carbonyl (C=O) groups excluding carboxylic acids is 1.